The highest BCUT2D eigenvalue weighted by atomic mass is 14.9. The molecule has 0 spiro atoms. The number of rotatable bonds is 5. The van der Waals surface area contributed by atoms with Gasteiger partial charge in [0.1, 0.15) is 5.82 Å². The van der Waals surface area contributed by atoms with Crippen molar-refractivity contribution in [1.82, 2.24) is 15.3 Å². The fourth-order valence-corrected chi connectivity index (χ4v) is 2.85. The highest BCUT2D eigenvalue weighted by molar-refractivity contribution is 5.07. The van der Waals surface area contributed by atoms with Gasteiger partial charge in [-0.25, -0.2) is 9.97 Å². The van der Waals surface area contributed by atoms with Crippen molar-refractivity contribution in [3.8, 4) is 0 Å². The molecular weight excluding hydrogens is 246 g/mol. The summed E-state index contributed by atoms with van der Waals surface area (Å²) in [6.07, 6.45) is 6.97. The molecule has 112 valence electrons. The molecular formula is C17H29N3. The summed E-state index contributed by atoms with van der Waals surface area (Å²) in [5.74, 6) is 2.30. The molecule has 0 aliphatic heterocycles. The second-order valence-corrected chi connectivity index (χ2v) is 7.37. The Balaban J connectivity index is 1.92. The molecule has 1 heterocycles. The molecule has 0 bridgehead atoms. The van der Waals surface area contributed by atoms with E-state index in [-0.39, 0.29) is 0 Å². The van der Waals surface area contributed by atoms with Crippen LogP contribution in [0, 0.1) is 11.3 Å². The Bertz CT molecular complexity index is 416. The zero-order chi connectivity index (χ0) is 14.6. The monoisotopic (exact) mass is 275 g/mol. The summed E-state index contributed by atoms with van der Waals surface area (Å²) in [6.45, 7) is 11.1. The van der Waals surface area contributed by atoms with E-state index in [0.29, 0.717) is 17.3 Å². The van der Waals surface area contributed by atoms with Crippen LogP contribution < -0.4 is 5.32 Å². The molecule has 0 unspecified atom stereocenters. The standard InChI is InChI=1S/C17H29N3/c1-13(2)11-18-12-15-7-10-19-16(20-15)14-5-8-17(3,4)9-6-14/h7,10,13-14,18H,5-6,8-9,11-12H2,1-4H3. The van der Waals surface area contributed by atoms with E-state index in [1.54, 1.807) is 0 Å². The van der Waals surface area contributed by atoms with Crippen LogP contribution in [-0.2, 0) is 6.54 Å². The van der Waals surface area contributed by atoms with Gasteiger partial charge in [-0.2, -0.15) is 0 Å². The van der Waals surface area contributed by atoms with Gasteiger partial charge >= 0.3 is 0 Å². The maximum absolute atomic E-state index is 4.77. The predicted molar refractivity (Wildman–Crippen MR) is 83.6 cm³/mol. The number of aromatic nitrogens is 2. The molecule has 1 aromatic rings. The minimum absolute atomic E-state index is 0.507. The third-order valence-electron chi connectivity index (χ3n) is 4.29. The van der Waals surface area contributed by atoms with Gasteiger partial charge in [-0.1, -0.05) is 27.7 Å². The largest absolute Gasteiger partial charge is 0.311 e. The molecule has 0 saturated heterocycles. The number of hydrogen-bond acceptors (Lipinski definition) is 3. The average Bonchev–Trinajstić information content (AvgIpc) is 2.38. The van der Waals surface area contributed by atoms with Gasteiger partial charge in [0.25, 0.3) is 0 Å². The van der Waals surface area contributed by atoms with E-state index in [4.69, 9.17) is 4.98 Å². The Kier molecular flexibility index (Phi) is 5.14. The van der Waals surface area contributed by atoms with Crippen LogP contribution >= 0.6 is 0 Å². The van der Waals surface area contributed by atoms with E-state index in [2.05, 4.69) is 38.0 Å². The molecule has 1 saturated carbocycles. The van der Waals surface area contributed by atoms with Crippen molar-refractivity contribution in [1.29, 1.82) is 0 Å². The SMILES string of the molecule is CC(C)CNCc1ccnc(C2CCC(C)(C)CC2)n1. The Hall–Kier alpha value is -0.960. The summed E-state index contributed by atoms with van der Waals surface area (Å²) in [6, 6.07) is 2.03. The van der Waals surface area contributed by atoms with E-state index in [9.17, 15) is 0 Å². The van der Waals surface area contributed by atoms with Crippen molar-refractivity contribution in [2.45, 2.75) is 65.8 Å². The van der Waals surface area contributed by atoms with Gasteiger partial charge in [0, 0.05) is 18.7 Å². The minimum Gasteiger partial charge on any atom is -0.311 e. The summed E-state index contributed by atoms with van der Waals surface area (Å²) in [4.78, 5) is 9.28. The highest BCUT2D eigenvalue weighted by Crippen LogP contribution is 2.41. The molecule has 1 aliphatic rings. The molecule has 0 aromatic carbocycles. The summed E-state index contributed by atoms with van der Waals surface area (Å²) < 4.78 is 0. The van der Waals surface area contributed by atoms with Crippen molar-refractivity contribution in [2.75, 3.05) is 6.54 Å². The number of hydrogen-bond donors (Lipinski definition) is 1. The molecule has 0 radical (unpaired) electrons. The van der Waals surface area contributed by atoms with Gasteiger partial charge in [-0.05, 0) is 49.6 Å². The minimum atomic E-state index is 0.507. The lowest BCUT2D eigenvalue weighted by atomic mass is 9.73. The smallest absolute Gasteiger partial charge is 0.131 e. The lowest BCUT2D eigenvalue weighted by Crippen LogP contribution is -2.23. The second kappa shape index (κ2) is 6.66. The first-order chi connectivity index (χ1) is 9.46. The van der Waals surface area contributed by atoms with E-state index in [1.807, 2.05) is 12.3 Å². The van der Waals surface area contributed by atoms with Gasteiger partial charge in [0.15, 0.2) is 0 Å². The van der Waals surface area contributed by atoms with Gasteiger partial charge in [-0.15, -0.1) is 0 Å². The van der Waals surface area contributed by atoms with Crippen molar-refractivity contribution in [3.05, 3.63) is 23.8 Å². The Labute approximate surface area is 123 Å². The maximum atomic E-state index is 4.77. The Morgan fingerprint density at radius 3 is 2.65 bits per heavy atom. The zero-order valence-corrected chi connectivity index (χ0v) is 13.4. The normalized spacial score (nSPS) is 19.4. The van der Waals surface area contributed by atoms with Crippen molar-refractivity contribution >= 4 is 0 Å². The van der Waals surface area contributed by atoms with Gasteiger partial charge < -0.3 is 5.32 Å². The van der Waals surface area contributed by atoms with Crippen molar-refractivity contribution in [3.63, 3.8) is 0 Å². The number of nitrogens with zero attached hydrogens (tertiary/aromatic N) is 2. The maximum Gasteiger partial charge on any atom is 0.131 e. The van der Waals surface area contributed by atoms with Crippen LogP contribution in [-0.4, -0.2) is 16.5 Å². The van der Waals surface area contributed by atoms with Crippen LogP contribution in [0.3, 0.4) is 0 Å². The molecule has 0 atom stereocenters. The first-order valence-electron chi connectivity index (χ1n) is 7.99. The molecule has 3 heteroatoms. The quantitative estimate of drug-likeness (QED) is 0.885. The summed E-state index contributed by atoms with van der Waals surface area (Å²) in [7, 11) is 0. The predicted octanol–water partition coefficient (Wildman–Crippen LogP) is 3.91. The van der Waals surface area contributed by atoms with Crippen LogP contribution in [0.15, 0.2) is 12.3 Å². The van der Waals surface area contributed by atoms with Crippen LogP contribution in [0.5, 0.6) is 0 Å². The van der Waals surface area contributed by atoms with Crippen LogP contribution in [0.4, 0.5) is 0 Å². The van der Waals surface area contributed by atoms with Crippen LogP contribution in [0.25, 0.3) is 0 Å². The molecule has 1 aliphatic carbocycles. The fraction of sp³-hybridized carbons (Fsp3) is 0.765. The third-order valence-corrected chi connectivity index (χ3v) is 4.29. The topological polar surface area (TPSA) is 37.8 Å². The van der Waals surface area contributed by atoms with Crippen LogP contribution in [0.2, 0.25) is 0 Å². The third kappa shape index (κ3) is 4.55. The Morgan fingerprint density at radius 2 is 2.00 bits per heavy atom. The molecule has 1 fully saturated rings. The summed E-state index contributed by atoms with van der Waals surface area (Å²) in [5, 5.41) is 3.45. The van der Waals surface area contributed by atoms with E-state index < -0.39 is 0 Å². The first-order valence-corrected chi connectivity index (χ1v) is 7.99. The van der Waals surface area contributed by atoms with Gasteiger partial charge in [0.2, 0.25) is 0 Å². The van der Waals surface area contributed by atoms with Gasteiger partial charge in [-0.3, -0.25) is 0 Å². The summed E-state index contributed by atoms with van der Waals surface area (Å²) in [5.41, 5.74) is 1.63. The first kappa shape index (κ1) is 15.4. The lowest BCUT2D eigenvalue weighted by Gasteiger charge is -2.33. The fourth-order valence-electron chi connectivity index (χ4n) is 2.85. The lowest BCUT2D eigenvalue weighted by molar-refractivity contribution is 0.220. The van der Waals surface area contributed by atoms with Crippen LogP contribution in [0.1, 0.15) is 70.8 Å². The average molecular weight is 275 g/mol. The van der Waals surface area contributed by atoms with Crippen molar-refractivity contribution < 1.29 is 0 Å². The Morgan fingerprint density at radius 1 is 1.30 bits per heavy atom. The highest BCUT2D eigenvalue weighted by Gasteiger charge is 2.28. The molecule has 1 aromatic heterocycles. The second-order valence-electron chi connectivity index (χ2n) is 7.37. The van der Waals surface area contributed by atoms with E-state index in [0.717, 1.165) is 24.6 Å². The van der Waals surface area contributed by atoms with E-state index >= 15 is 0 Å². The molecule has 0 amide bonds. The molecule has 3 nitrogen and oxygen atoms in total. The molecule has 1 N–H and O–H groups in total. The van der Waals surface area contributed by atoms with E-state index in [1.165, 1.54) is 25.7 Å². The molecule has 20 heavy (non-hydrogen) atoms. The summed E-state index contributed by atoms with van der Waals surface area (Å²) >= 11 is 0. The van der Waals surface area contributed by atoms with Gasteiger partial charge in [0.05, 0.1) is 5.69 Å². The zero-order valence-electron chi connectivity index (χ0n) is 13.4. The van der Waals surface area contributed by atoms with Crippen molar-refractivity contribution in [2.24, 2.45) is 11.3 Å². The molecule has 2 rings (SSSR count). The number of nitrogens with one attached hydrogen (secondary N) is 1.